The number of hydrogen-bond acceptors (Lipinski definition) is 2. The van der Waals surface area contributed by atoms with Gasteiger partial charge in [-0.05, 0) is 68.0 Å². The van der Waals surface area contributed by atoms with E-state index in [0.717, 1.165) is 42.4 Å². The summed E-state index contributed by atoms with van der Waals surface area (Å²) in [5.41, 5.74) is 4.04. The van der Waals surface area contributed by atoms with Crippen LogP contribution in [0.25, 0.3) is 0 Å². The highest BCUT2D eigenvalue weighted by Gasteiger charge is 2.28. The van der Waals surface area contributed by atoms with E-state index in [0.29, 0.717) is 0 Å². The minimum Gasteiger partial charge on any atom is -0.352 e. The first-order chi connectivity index (χ1) is 14.3. The average molecular weight is 411 g/mol. The summed E-state index contributed by atoms with van der Waals surface area (Å²) in [6.07, 6.45) is 4.47. The van der Waals surface area contributed by atoms with E-state index in [2.05, 4.69) is 5.32 Å². The summed E-state index contributed by atoms with van der Waals surface area (Å²) >= 11 is 0. The van der Waals surface area contributed by atoms with Crippen molar-refractivity contribution in [2.24, 2.45) is 0 Å². The minimum absolute atomic E-state index is 0.114. The summed E-state index contributed by atoms with van der Waals surface area (Å²) in [6, 6.07) is 11.7. The molecule has 1 fully saturated rings. The van der Waals surface area contributed by atoms with Gasteiger partial charge in [-0.25, -0.2) is 4.39 Å². The van der Waals surface area contributed by atoms with Gasteiger partial charge < -0.3 is 10.2 Å². The topological polar surface area (TPSA) is 49.4 Å². The number of rotatable bonds is 7. The second kappa shape index (κ2) is 9.88. The Morgan fingerprint density at radius 3 is 2.30 bits per heavy atom. The van der Waals surface area contributed by atoms with E-state index in [1.807, 2.05) is 32.0 Å². The van der Waals surface area contributed by atoms with Gasteiger partial charge in [-0.15, -0.1) is 0 Å². The molecule has 1 N–H and O–H groups in total. The molecule has 0 aliphatic heterocycles. The third-order valence-corrected chi connectivity index (χ3v) is 6.06. The van der Waals surface area contributed by atoms with Crippen molar-refractivity contribution >= 4 is 11.8 Å². The van der Waals surface area contributed by atoms with Crippen molar-refractivity contribution in [1.29, 1.82) is 0 Å². The van der Waals surface area contributed by atoms with Crippen LogP contribution in [0.5, 0.6) is 0 Å². The molecule has 5 heteroatoms. The van der Waals surface area contributed by atoms with E-state index < -0.39 is 6.04 Å². The van der Waals surface area contributed by atoms with Crippen LogP contribution >= 0.6 is 0 Å². The van der Waals surface area contributed by atoms with Crippen LogP contribution in [-0.4, -0.2) is 28.8 Å². The number of nitrogens with zero attached hydrogens (tertiary/aromatic N) is 1. The molecule has 1 atom stereocenters. The zero-order chi connectivity index (χ0) is 21.7. The molecule has 0 aromatic heterocycles. The van der Waals surface area contributed by atoms with Crippen molar-refractivity contribution in [3.05, 3.63) is 70.5 Å². The van der Waals surface area contributed by atoms with Gasteiger partial charge in [0.1, 0.15) is 11.9 Å². The summed E-state index contributed by atoms with van der Waals surface area (Å²) in [5, 5.41) is 3.10. The fraction of sp³-hybridized carbons (Fsp3) is 0.440. The van der Waals surface area contributed by atoms with Gasteiger partial charge in [0.15, 0.2) is 0 Å². The van der Waals surface area contributed by atoms with Crippen molar-refractivity contribution in [3.8, 4) is 0 Å². The molecule has 0 spiro atoms. The summed E-state index contributed by atoms with van der Waals surface area (Å²) in [7, 11) is 0. The molecule has 1 aliphatic carbocycles. The van der Waals surface area contributed by atoms with Crippen molar-refractivity contribution < 1.29 is 14.0 Å². The van der Waals surface area contributed by atoms with Crippen molar-refractivity contribution in [2.45, 2.75) is 71.5 Å². The summed E-state index contributed by atoms with van der Waals surface area (Å²) in [4.78, 5) is 27.7. The summed E-state index contributed by atoms with van der Waals surface area (Å²) in [5.74, 6) is -0.562. The number of carbonyl (C=O) groups is 2. The van der Waals surface area contributed by atoms with Crippen LogP contribution < -0.4 is 5.32 Å². The largest absolute Gasteiger partial charge is 0.352 e. The number of carbonyl (C=O) groups excluding carboxylic acids is 2. The lowest BCUT2D eigenvalue weighted by molar-refractivity contribution is -0.140. The number of halogens is 1. The molecule has 3 rings (SSSR count). The first-order valence-electron chi connectivity index (χ1n) is 10.7. The molecule has 2 aromatic carbocycles. The van der Waals surface area contributed by atoms with Crippen LogP contribution in [0, 0.1) is 19.7 Å². The lowest BCUT2D eigenvalue weighted by Gasteiger charge is -2.30. The number of aryl methyl sites for hydroxylation is 2. The standard InChI is InChI=1S/C25H31FN2O2/c1-17-8-9-21(14-18(17)2)15-24(29)28(16-20-10-12-22(26)13-11-20)19(3)25(30)27-23-6-4-5-7-23/h8-14,19,23H,4-7,15-16H2,1-3H3,(H,27,30)/t19-/m1/s1. The number of benzene rings is 2. The zero-order valence-corrected chi connectivity index (χ0v) is 18.1. The van der Waals surface area contributed by atoms with E-state index in [-0.39, 0.29) is 36.6 Å². The lowest BCUT2D eigenvalue weighted by Crippen LogP contribution is -2.50. The van der Waals surface area contributed by atoms with Crippen molar-refractivity contribution in [3.63, 3.8) is 0 Å². The van der Waals surface area contributed by atoms with E-state index in [4.69, 9.17) is 0 Å². The van der Waals surface area contributed by atoms with Gasteiger partial charge in [-0.3, -0.25) is 9.59 Å². The Balaban J connectivity index is 1.77. The van der Waals surface area contributed by atoms with Gasteiger partial charge in [0.2, 0.25) is 11.8 Å². The average Bonchev–Trinajstić information content (AvgIpc) is 3.22. The highest BCUT2D eigenvalue weighted by molar-refractivity contribution is 5.88. The smallest absolute Gasteiger partial charge is 0.242 e. The number of nitrogens with one attached hydrogen (secondary N) is 1. The van der Waals surface area contributed by atoms with Crippen LogP contribution in [0.15, 0.2) is 42.5 Å². The van der Waals surface area contributed by atoms with Gasteiger partial charge in [0.05, 0.1) is 6.42 Å². The molecule has 30 heavy (non-hydrogen) atoms. The quantitative estimate of drug-likeness (QED) is 0.733. The van der Waals surface area contributed by atoms with Crippen LogP contribution in [-0.2, 0) is 22.6 Å². The highest BCUT2D eigenvalue weighted by atomic mass is 19.1. The molecule has 1 aliphatic rings. The SMILES string of the molecule is Cc1ccc(CC(=O)N(Cc2ccc(F)cc2)[C@H](C)C(=O)NC2CCCC2)cc1C. The highest BCUT2D eigenvalue weighted by Crippen LogP contribution is 2.19. The molecule has 0 bridgehead atoms. The van der Waals surface area contributed by atoms with E-state index in [1.165, 1.54) is 17.7 Å². The third-order valence-electron chi connectivity index (χ3n) is 6.06. The second-order valence-electron chi connectivity index (χ2n) is 8.41. The molecule has 0 radical (unpaired) electrons. The Kier molecular flexibility index (Phi) is 7.24. The van der Waals surface area contributed by atoms with Gasteiger partial charge in [-0.1, -0.05) is 43.2 Å². The molecular formula is C25H31FN2O2. The van der Waals surface area contributed by atoms with Crippen molar-refractivity contribution in [1.82, 2.24) is 10.2 Å². The molecule has 2 amide bonds. The maximum Gasteiger partial charge on any atom is 0.242 e. The predicted molar refractivity (Wildman–Crippen MR) is 116 cm³/mol. The van der Waals surface area contributed by atoms with Crippen LogP contribution in [0.3, 0.4) is 0 Å². The Morgan fingerprint density at radius 2 is 1.67 bits per heavy atom. The fourth-order valence-corrected chi connectivity index (χ4v) is 3.95. The van der Waals surface area contributed by atoms with Crippen molar-refractivity contribution in [2.75, 3.05) is 0 Å². The molecule has 0 unspecified atom stereocenters. The maximum atomic E-state index is 13.3. The second-order valence-corrected chi connectivity index (χ2v) is 8.41. The first-order valence-corrected chi connectivity index (χ1v) is 10.7. The van der Waals surface area contributed by atoms with E-state index in [9.17, 15) is 14.0 Å². The Labute approximate surface area is 178 Å². The molecule has 160 valence electrons. The van der Waals surface area contributed by atoms with Gasteiger partial charge in [0, 0.05) is 12.6 Å². The summed E-state index contributed by atoms with van der Waals surface area (Å²) < 4.78 is 13.3. The van der Waals surface area contributed by atoms with Crippen LogP contribution in [0.1, 0.15) is 54.9 Å². The minimum atomic E-state index is -0.602. The number of hydrogen-bond donors (Lipinski definition) is 1. The first kappa shape index (κ1) is 22.0. The monoisotopic (exact) mass is 410 g/mol. The third kappa shape index (κ3) is 5.68. The molecule has 0 heterocycles. The normalized spacial score (nSPS) is 15.1. The van der Waals surface area contributed by atoms with E-state index in [1.54, 1.807) is 24.0 Å². The number of amides is 2. The van der Waals surface area contributed by atoms with Gasteiger partial charge >= 0.3 is 0 Å². The molecule has 2 aromatic rings. The summed E-state index contributed by atoms with van der Waals surface area (Å²) in [6.45, 7) is 6.10. The Bertz CT molecular complexity index is 889. The molecule has 1 saturated carbocycles. The zero-order valence-electron chi connectivity index (χ0n) is 18.1. The van der Waals surface area contributed by atoms with E-state index >= 15 is 0 Å². The predicted octanol–water partition coefficient (Wildman–Crippen LogP) is 4.46. The van der Waals surface area contributed by atoms with Gasteiger partial charge in [-0.2, -0.15) is 0 Å². The Morgan fingerprint density at radius 1 is 1.03 bits per heavy atom. The van der Waals surface area contributed by atoms with Gasteiger partial charge in [0.25, 0.3) is 0 Å². The fourth-order valence-electron chi connectivity index (χ4n) is 3.95. The Hall–Kier alpha value is -2.69. The van der Waals surface area contributed by atoms with Crippen LogP contribution in [0.4, 0.5) is 4.39 Å². The molecular weight excluding hydrogens is 379 g/mol. The lowest BCUT2D eigenvalue weighted by atomic mass is 10.0. The molecule has 0 saturated heterocycles. The molecule has 4 nitrogen and oxygen atoms in total. The maximum absolute atomic E-state index is 13.3. The van der Waals surface area contributed by atoms with Crippen LogP contribution in [0.2, 0.25) is 0 Å².